The molecule has 3 heterocycles. The molecule has 1 aliphatic heterocycles. The monoisotopic (exact) mass is 707 g/mol. The van der Waals surface area contributed by atoms with Gasteiger partial charge in [-0.1, -0.05) is 134 Å². The van der Waals surface area contributed by atoms with E-state index in [0.717, 1.165) is 16.3 Å². The van der Waals surface area contributed by atoms with Crippen LogP contribution in [0, 0.1) is 0 Å². The molecule has 250 valence electrons. The average Bonchev–Trinajstić information content (AvgIpc) is 3.96. The summed E-state index contributed by atoms with van der Waals surface area (Å²) in [6.07, 6.45) is 0. The van der Waals surface area contributed by atoms with Gasteiger partial charge in [0.15, 0.2) is 0 Å². The molecule has 10 aromatic rings. The molecule has 0 saturated heterocycles. The van der Waals surface area contributed by atoms with Gasteiger partial charge in [0.1, 0.15) is 8.07 Å². The number of aromatic nitrogens is 2. The molecular weight excluding hydrogens is 657 g/mol. The van der Waals surface area contributed by atoms with Gasteiger partial charge in [-0.2, -0.15) is 0 Å². The Balaban J connectivity index is 1.25. The summed E-state index contributed by atoms with van der Waals surface area (Å²) in [5.41, 5.74) is 3.17. The maximum atomic E-state index is 9.94. The Bertz CT molecular complexity index is 3970. The largest absolute Gasteiger partial charge is 0.309 e. The van der Waals surface area contributed by atoms with Crippen molar-refractivity contribution in [3.63, 3.8) is 0 Å². The van der Waals surface area contributed by atoms with Crippen molar-refractivity contribution in [1.82, 2.24) is 9.13 Å². The lowest BCUT2D eigenvalue weighted by molar-refractivity contribution is 1.18. The topological polar surface area (TPSA) is 9.86 Å². The summed E-state index contributed by atoms with van der Waals surface area (Å²) in [5.74, 6) is 0. The lowest BCUT2D eigenvalue weighted by atomic mass is 10.0. The highest BCUT2D eigenvalue weighted by Crippen LogP contribution is 2.39. The zero-order valence-electron chi connectivity index (χ0n) is 43.6. The minimum Gasteiger partial charge on any atom is -0.309 e. The van der Waals surface area contributed by atoms with Gasteiger partial charge in [-0.25, -0.2) is 0 Å². The average molecular weight is 708 g/mol. The molecule has 11 rings (SSSR count). The van der Waals surface area contributed by atoms with E-state index < -0.39 is 104 Å². The molecule has 0 unspecified atom stereocenters. The molecule has 1 aliphatic rings. The van der Waals surface area contributed by atoms with Crippen LogP contribution in [0.5, 0.6) is 0 Å². The Morgan fingerprint density at radius 3 is 1.70 bits per heavy atom. The zero-order valence-corrected chi connectivity index (χ0v) is 29.6. The minimum atomic E-state index is -2.31. The lowest BCUT2D eigenvalue weighted by Crippen LogP contribution is -2.49. The lowest BCUT2D eigenvalue weighted by Gasteiger charge is -2.20. The molecule has 53 heavy (non-hydrogen) atoms. The van der Waals surface area contributed by atoms with Crippen molar-refractivity contribution >= 4 is 62.1 Å². The van der Waals surface area contributed by atoms with Gasteiger partial charge in [0.2, 0.25) is 0 Å². The molecular formula is C50H36N2Si. The summed E-state index contributed by atoms with van der Waals surface area (Å²) in [4.78, 5) is 0. The predicted molar refractivity (Wildman–Crippen MR) is 228 cm³/mol. The van der Waals surface area contributed by atoms with Crippen molar-refractivity contribution in [2.24, 2.45) is 0 Å². The molecule has 8 aromatic carbocycles. The van der Waals surface area contributed by atoms with E-state index in [2.05, 4.69) is 25.2 Å². The van der Waals surface area contributed by atoms with Gasteiger partial charge in [-0.15, -0.1) is 0 Å². The minimum absolute atomic E-state index is 0.0240. The Morgan fingerprint density at radius 1 is 0.415 bits per heavy atom. The van der Waals surface area contributed by atoms with E-state index in [-0.39, 0.29) is 49.7 Å². The van der Waals surface area contributed by atoms with Crippen LogP contribution < -0.4 is 10.4 Å². The molecule has 0 amide bonds. The van der Waals surface area contributed by atoms with Crippen LogP contribution in [0.3, 0.4) is 0 Å². The van der Waals surface area contributed by atoms with Crippen LogP contribution in [-0.4, -0.2) is 17.2 Å². The highest BCUT2D eigenvalue weighted by Gasteiger charge is 2.37. The molecule has 3 heteroatoms. The summed E-state index contributed by atoms with van der Waals surface area (Å²) in [5, 5.41) is 1.79. The van der Waals surface area contributed by atoms with Gasteiger partial charge >= 0.3 is 0 Å². The van der Waals surface area contributed by atoms with Crippen LogP contribution in [-0.2, 0) is 0 Å². The third-order valence-electron chi connectivity index (χ3n) is 10.5. The number of fused-ring (bicyclic) bond motifs is 9. The normalized spacial score (nSPS) is 17.2. The van der Waals surface area contributed by atoms with Gasteiger partial charge in [0.05, 0.1) is 42.6 Å². The van der Waals surface area contributed by atoms with Crippen molar-refractivity contribution in [3.05, 3.63) is 182 Å². The fourth-order valence-corrected chi connectivity index (χ4v) is 11.1. The van der Waals surface area contributed by atoms with Gasteiger partial charge in [0, 0.05) is 32.9 Å². The number of para-hydroxylation sites is 2. The smallest absolute Gasteiger partial charge is 0.113 e. The molecule has 0 saturated carbocycles. The highest BCUT2D eigenvalue weighted by molar-refractivity contribution is 7.03. The first-order chi connectivity index (χ1) is 32.3. The predicted octanol–water partition coefficient (Wildman–Crippen LogP) is 12.0. The first kappa shape index (κ1) is 18.9. The number of benzene rings is 8. The van der Waals surface area contributed by atoms with E-state index in [0.29, 0.717) is 22.5 Å². The molecule has 0 spiro atoms. The van der Waals surface area contributed by atoms with Crippen LogP contribution in [0.25, 0.3) is 88.4 Å². The van der Waals surface area contributed by atoms with Gasteiger partial charge in [0.25, 0.3) is 0 Å². The highest BCUT2D eigenvalue weighted by atomic mass is 28.3. The maximum Gasteiger partial charge on any atom is 0.113 e. The van der Waals surface area contributed by atoms with Crippen molar-refractivity contribution in [1.29, 1.82) is 0 Å². The summed E-state index contributed by atoms with van der Waals surface area (Å²) in [7, 11) is -2.31. The molecule has 0 bridgehead atoms. The number of rotatable bonds is 4. The van der Waals surface area contributed by atoms with Crippen LogP contribution in [0.2, 0.25) is 13.1 Å². The molecule has 2 aromatic heterocycles. The van der Waals surface area contributed by atoms with E-state index in [1.807, 2.05) is 30.3 Å². The first-order valence-electron chi connectivity index (χ1n) is 24.8. The second-order valence-electron chi connectivity index (χ2n) is 13.8. The first-order valence-corrected chi connectivity index (χ1v) is 20.3. The summed E-state index contributed by atoms with van der Waals surface area (Å²) in [6.45, 7) is 4.44. The third kappa shape index (κ3) is 4.44. The summed E-state index contributed by atoms with van der Waals surface area (Å²) in [6, 6.07) is 20.4. The third-order valence-corrected chi connectivity index (χ3v) is 14.1. The Morgan fingerprint density at radius 2 is 1.00 bits per heavy atom. The van der Waals surface area contributed by atoms with Crippen molar-refractivity contribution in [2.75, 3.05) is 0 Å². The van der Waals surface area contributed by atoms with Crippen LogP contribution in [0.1, 0.15) is 20.6 Å². The van der Waals surface area contributed by atoms with Crippen LogP contribution in [0.15, 0.2) is 182 Å². The number of hydrogen-bond acceptors (Lipinski definition) is 0. The Kier molecular flexibility index (Phi) is 4.02. The molecule has 0 radical (unpaired) electrons. The quantitative estimate of drug-likeness (QED) is 0.161. The van der Waals surface area contributed by atoms with Crippen molar-refractivity contribution in [2.45, 2.75) is 13.1 Å². The SMILES string of the molecule is [2H]c1cccc(-c2cccc(-n3c4c([2H])c([2H])c([2H])c([2H])c4c4c([2H])c(-c5c([2H])c([2H])c6c(c5[2H])c5c([2H])c([2H])c([2H])c([2H])c5n6-c5ccc6c(c5)[Si](C)(C)c5ccccc5-6)c([2H])c([2H])c43)c2)c1. The maximum absolute atomic E-state index is 9.94. The van der Waals surface area contributed by atoms with E-state index >= 15 is 0 Å². The van der Waals surface area contributed by atoms with Gasteiger partial charge < -0.3 is 9.13 Å². The van der Waals surface area contributed by atoms with E-state index in [1.165, 1.54) is 14.3 Å². The van der Waals surface area contributed by atoms with E-state index in [9.17, 15) is 12.3 Å². The van der Waals surface area contributed by atoms with Crippen molar-refractivity contribution < 1.29 is 20.6 Å². The molecule has 0 fully saturated rings. The second-order valence-corrected chi connectivity index (χ2v) is 18.1. The second kappa shape index (κ2) is 11.3. The Hall–Kier alpha value is -6.42. The van der Waals surface area contributed by atoms with Crippen LogP contribution >= 0.6 is 0 Å². The summed E-state index contributed by atoms with van der Waals surface area (Å²) < 4.78 is 141. The fraction of sp³-hybridized carbons (Fsp3) is 0.0400. The van der Waals surface area contributed by atoms with Gasteiger partial charge in [-0.3, -0.25) is 0 Å². The zero-order chi connectivity index (χ0) is 48.3. The number of nitrogens with zero attached hydrogens (tertiary/aromatic N) is 2. The fourth-order valence-electron chi connectivity index (χ4n) is 8.02. The molecule has 0 aliphatic carbocycles. The molecule has 2 nitrogen and oxygen atoms in total. The standard InChI is InChI=1S/C50H36N2Si/c1-53(2)49-22-11-8-19-41(49)42-26-25-38(32-50(42)53)52-46-21-10-7-18-40(46)44-31-36(24-28-48(44)52)35-23-27-47-43(30-35)39-17-6-9-20-45(39)51(47)37-16-12-15-34(29-37)33-13-4-3-5-14-33/h3-32H,1-2H3/i4D,6D,7D,9D,10D,17D,18D,20D,21D,23D,24D,27D,28D,30D,31D. The Labute approximate surface area is 330 Å². The molecule has 0 N–H and O–H groups in total. The number of hydrogen-bond donors (Lipinski definition) is 0. The van der Waals surface area contributed by atoms with Crippen LogP contribution in [0.4, 0.5) is 0 Å². The molecule has 0 atom stereocenters. The van der Waals surface area contributed by atoms with E-state index in [4.69, 9.17) is 8.22 Å². The van der Waals surface area contributed by atoms with E-state index in [1.54, 1.807) is 48.5 Å². The van der Waals surface area contributed by atoms with Gasteiger partial charge in [-0.05, 0) is 104 Å². The van der Waals surface area contributed by atoms with Crippen molar-refractivity contribution in [3.8, 4) is 44.8 Å². The summed E-state index contributed by atoms with van der Waals surface area (Å²) >= 11 is 0.